The van der Waals surface area contributed by atoms with Crippen molar-refractivity contribution in [1.82, 2.24) is 9.88 Å². The number of amides is 1. The zero-order chi connectivity index (χ0) is 15.0. The first kappa shape index (κ1) is 13.5. The number of hydrogen-bond acceptors (Lipinski definition) is 4. The lowest BCUT2D eigenvalue weighted by atomic mass is 9.99. The zero-order valence-electron chi connectivity index (χ0n) is 11.9. The number of fused-ring (bicyclic) bond motifs is 3. The number of hydrogen-bond donors (Lipinski definition) is 1. The molecule has 6 nitrogen and oxygen atoms in total. The average molecular weight is 288 g/mol. The monoisotopic (exact) mass is 288 g/mol. The van der Waals surface area contributed by atoms with Gasteiger partial charge in [0.1, 0.15) is 18.5 Å². The summed E-state index contributed by atoms with van der Waals surface area (Å²) < 4.78 is 11.0. The highest BCUT2D eigenvalue weighted by Crippen LogP contribution is 2.31. The van der Waals surface area contributed by atoms with Crippen LogP contribution in [0.3, 0.4) is 0 Å². The second-order valence-electron chi connectivity index (χ2n) is 5.24. The first-order valence-electron chi connectivity index (χ1n) is 6.70. The molecule has 1 aliphatic rings. The topological polar surface area (TPSA) is 71.6 Å². The fourth-order valence-corrected chi connectivity index (χ4v) is 2.42. The molecule has 0 aliphatic carbocycles. The average Bonchev–Trinajstić information content (AvgIpc) is 2.46. The molecule has 21 heavy (non-hydrogen) atoms. The van der Waals surface area contributed by atoms with E-state index in [1.54, 1.807) is 20.2 Å². The van der Waals surface area contributed by atoms with Crippen molar-refractivity contribution in [3.8, 4) is 5.75 Å². The van der Waals surface area contributed by atoms with Crippen molar-refractivity contribution in [1.29, 1.82) is 0 Å². The predicted molar refractivity (Wildman–Crippen MR) is 77.7 cm³/mol. The Balaban J connectivity index is 1.93. The van der Waals surface area contributed by atoms with Crippen LogP contribution in [0.4, 0.5) is 4.79 Å². The third kappa shape index (κ3) is 2.56. The van der Waals surface area contributed by atoms with Crippen LogP contribution in [-0.4, -0.2) is 42.8 Å². The molecule has 1 aromatic heterocycles. The number of carbonyl (C=O) groups is 1. The number of H-pyrrole nitrogens is 1. The van der Waals surface area contributed by atoms with Crippen molar-refractivity contribution in [3.63, 3.8) is 0 Å². The quantitative estimate of drug-likeness (QED) is 0.864. The molecule has 110 valence electrons. The SMILES string of the molecule is CN(C)C(=O)OC1COc2ccc3[nH]c(=O)ccc3c2C1. The molecule has 0 spiro atoms. The lowest BCUT2D eigenvalue weighted by Gasteiger charge is -2.27. The minimum atomic E-state index is -0.388. The Labute approximate surface area is 121 Å². The van der Waals surface area contributed by atoms with E-state index in [-0.39, 0.29) is 17.8 Å². The highest BCUT2D eigenvalue weighted by atomic mass is 16.6. The molecule has 0 saturated heterocycles. The van der Waals surface area contributed by atoms with Gasteiger partial charge < -0.3 is 19.4 Å². The molecule has 3 rings (SSSR count). The number of aromatic nitrogens is 1. The zero-order valence-corrected chi connectivity index (χ0v) is 11.9. The van der Waals surface area contributed by atoms with Crippen LogP contribution in [0.15, 0.2) is 29.1 Å². The summed E-state index contributed by atoms with van der Waals surface area (Å²) in [6.07, 6.45) is -0.149. The molecular weight excluding hydrogens is 272 g/mol. The van der Waals surface area contributed by atoms with E-state index >= 15 is 0 Å². The van der Waals surface area contributed by atoms with Crippen LogP contribution >= 0.6 is 0 Å². The number of nitrogens with one attached hydrogen (secondary N) is 1. The summed E-state index contributed by atoms with van der Waals surface area (Å²) in [6, 6.07) is 6.91. The summed E-state index contributed by atoms with van der Waals surface area (Å²) in [5.41, 5.74) is 1.56. The number of pyridine rings is 1. The predicted octanol–water partition coefficient (Wildman–Crippen LogP) is 1.53. The lowest BCUT2D eigenvalue weighted by Crippen LogP contribution is -2.35. The fourth-order valence-electron chi connectivity index (χ4n) is 2.42. The van der Waals surface area contributed by atoms with Crippen molar-refractivity contribution in [2.75, 3.05) is 20.7 Å². The fraction of sp³-hybridized carbons (Fsp3) is 0.333. The van der Waals surface area contributed by atoms with Crippen LogP contribution in [-0.2, 0) is 11.2 Å². The first-order valence-corrected chi connectivity index (χ1v) is 6.70. The smallest absolute Gasteiger partial charge is 0.409 e. The van der Waals surface area contributed by atoms with Gasteiger partial charge >= 0.3 is 6.09 Å². The van der Waals surface area contributed by atoms with E-state index < -0.39 is 0 Å². The lowest BCUT2D eigenvalue weighted by molar-refractivity contribution is 0.0402. The summed E-state index contributed by atoms with van der Waals surface area (Å²) in [6.45, 7) is 0.335. The summed E-state index contributed by atoms with van der Waals surface area (Å²) in [4.78, 5) is 27.2. The minimum Gasteiger partial charge on any atom is -0.489 e. The molecule has 1 N–H and O–H groups in total. The van der Waals surface area contributed by atoms with Crippen LogP contribution in [0.25, 0.3) is 10.9 Å². The molecule has 0 fully saturated rings. The van der Waals surface area contributed by atoms with E-state index in [0.29, 0.717) is 13.0 Å². The summed E-state index contributed by atoms with van der Waals surface area (Å²) in [7, 11) is 3.28. The Kier molecular flexibility index (Phi) is 3.29. The van der Waals surface area contributed by atoms with E-state index in [4.69, 9.17) is 9.47 Å². The van der Waals surface area contributed by atoms with E-state index in [1.165, 1.54) is 11.0 Å². The molecular formula is C15H16N2O4. The Morgan fingerprint density at radius 2 is 2.14 bits per heavy atom. The maximum Gasteiger partial charge on any atom is 0.409 e. The molecule has 1 aliphatic heterocycles. The summed E-state index contributed by atoms with van der Waals surface area (Å²) in [5.74, 6) is 0.770. The van der Waals surface area contributed by atoms with Gasteiger partial charge in [-0.2, -0.15) is 0 Å². The Hall–Kier alpha value is -2.50. The van der Waals surface area contributed by atoms with Gasteiger partial charge in [0.2, 0.25) is 5.56 Å². The van der Waals surface area contributed by atoms with Gasteiger partial charge in [0, 0.05) is 43.0 Å². The van der Waals surface area contributed by atoms with Gasteiger partial charge in [-0.15, -0.1) is 0 Å². The minimum absolute atomic E-state index is 0.144. The van der Waals surface area contributed by atoms with Gasteiger partial charge in [0.15, 0.2) is 0 Å². The molecule has 1 amide bonds. The van der Waals surface area contributed by atoms with E-state index in [1.807, 2.05) is 12.1 Å². The molecule has 1 aromatic carbocycles. The van der Waals surface area contributed by atoms with Crippen molar-refractivity contribution in [3.05, 3.63) is 40.2 Å². The molecule has 0 saturated carbocycles. The number of aromatic amines is 1. The number of benzene rings is 1. The van der Waals surface area contributed by atoms with Crippen molar-refractivity contribution >= 4 is 17.0 Å². The number of nitrogens with zero attached hydrogens (tertiary/aromatic N) is 1. The highest BCUT2D eigenvalue weighted by Gasteiger charge is 2.25. The third-order valence-corrected chi connectivity index (χ3v) is 3.46. The highest BCUT2D eigenvalue weighted by molar-refractivity contribution is 5.84. The Morgan fingerprint density at radius 3 is 2.90 bits per heavy atom. The largest absolute Gasteiger partial charge is 0.489 e. The standard InChI is InChI=1S/C15H16N2O4/c1-17(2)15(19)21-9-7-11-10-3-6-14(18)16-12(10)4-5-13(11)20-8-9/h3-6,9H,7-8H2,1-2H3,(H,16,18). The van der Waals surface area contributed by atoms with Crippen LogP contribution in [0.2, 0.25) is 0 Å². The maximum absolute atomic E-state index is 11.6. The van der Waals surface area contributed by atoms with E-state index in [0.717, 1.165) is 22.2 Å². The molecule has 0 radical (unpaired) electrons. The number of ether oxygens (including phenoxy) is 2. The van der Waals surface area contributed by atoms with Crippen molar-refractivity contribution in [2.45, 2.75) is 12.5 Å². The number of carbonyl (C=O) groups excluding carboxylic acids is 1. The second-order valence-corrected chi connectivity index (χ2v) is 5.24. The van der Waals surface area contributed by atoms with Gasteiger partial charge in [0.05, 0.1) is 0 Å². The van der Waals surface area contributed by atoms with Gasteiger partial charge in [-0.3, -0.25) is 4.79 Å². The van der Waals surface area contributed by atoms with Gasteiger partial charge in [-0.1, -0.05) is 0 Å². The third-order valence-electron chi connectivity index (χ3n) is 3.46. The van der Waals surface area contributed by atoms with Crippen LogP contribution in [0.5, 0.6) is 5.75 Å². The van der Waals surface area contributed by atoms with E-state index in [9.17, 15) is 9.59 Å². The molecule has 1 atom stereocenters. The van der Waals surface area contributed by atoms with Gasteiger partial charge in [0.25, 0.3) is 0 Å². The molecule has 6 heteroatoms. The number of rotatable bonds is 1. The normalized spacial score (nSPS) is 17.0. The van der Waals surface area contributed by atoms with Gasteiger partial charge in [-0.05, 0) is 18.2 Å². The Bertz CT molecular complexity index is 751. The Morgan fingerprint density at radius 1 is 1.33 bits per heavy atom. The van der Waals surface area contributed by atoms with Crippen LogP contribution in [0, 0.1) is 0 Å². The molecule has 0 bridgehead atoms. The van der Waals surface area contributed by atoms with Crippen LogP contribution < -0.4 is 10.3 Å². The van der Waals surface area contributed by atoms with Crippen LogP contribution in [0.1, 0.15) is 5.56 Å². The second kappa shape index (κ2) is 5.12. The summed E-state index contributed by atoms with van der Waals surface area (Å²) >= 11 is 0. The maximum atomic E-state index is 11.6. The summed E-state index contributed by atoms with van der Waals surface area (Å²) in [5, 5.41) is 0.915. The van der Waals surface area contributed by atoms with Crippen molar-refractivity contribution < 1.29 is 14.3 Å². The van der Waals surface area contributed by atoms with Crippen molar-refractivity contribution in [2.24, 2.45) is 0 Å². The molecule has 1 unspecified atom stereocenters. The molecule has 2 aromatic rings. The first-order chi connectivity index (χ1) is 10.0. The molecule has 2 heterocycles. The van der Waals surface area contributed by atoms with Gasteiger partial charge in [-0.25, -0.2) is 4.79 Å². The van der Waals surface area contributed by atoms with E-state index in [2.05, 4.69) is 4.98 Å².